The second kappa shape index (κ2) is 29.4. The Balaban J connectivity index is 3.06. The summed E-state index contributed by atoms with van der Waals surface area (Å²) in [5.41, 5.74) is 0. The first-order chi connectivity index (χ1) is 17.2. The third-order valence-electron chi connectivity index (χ3n) is 7.15. The van der Waals surface area contributed by atoms with Gasteiger partial charge >= 0.3 is 5.97 Å². The van der Waals surface area contributed by atoms with E-state index in [-0.39, 0.29) is 18.2 Å². The number of rotatable bonds is 29. The van der Waals surface area contributed by atoms with Gasteiger partial charge in [-0.25, -0.2) is 0 Å². The minimum atomic E-state index is -0.378. The number of Topliss-reactive ketones (excluding diaryl/α,β-unsaturated/α-hetero) is 1. The molecular formula is C32H62O3. The van der Waals surface area contributed by atoms with Gasteiger partial charge in [-0.2, -0.15) is 0 Å². The zero-order valence-corrected chi connectivity index (χ0v) is 24.0. The van der Waals surface area contributed by atoms with Crippen LogP contribution in [0.25, 0.3) is 0 Å². The lowest BCUT2D eigenvalue weighted by Gasteiger charge is -2.05. The van der Waals surface area contributed by atoms with E-state index < -0.39 is 0 Å². The first-order valence-corrected chi connectivity index (χ1v) is 15.8. The Morgan fingerprint density at radius 1 is 0.429 bits per heavy atom. The molecule has 3 heteroatoms. The molecule has 0 aliphatic heterocycles. The number of hydrogen-bond donors (Lipinski definition) is 0. The van der Waals surface area contributed by atoms with Gasteiger partial charge in [0.2, 0.25) is 0 Å². The third-order valence-corrected chi connectivity index (χ3v) is 7.15. The highest BCUT2D eigenvalue weighted by atomic mass is 16.5. The van der Waals surface area contributed by atoms with E-state index in [2.05, 4.69) is 6.92 Å². The molecular weight excluding hydrogens is 432 g/mol. The maximum atomic E-state index is 11.3. The molecule has 0 saturated heterocycles. The first-order valence-electron chi connectivity index (χ1n) is 15.8. The van der Waals surface area contributed by atoms with Crippen LogP contribution in [0.15, 0.2) is 0 Å². The van der Waals surface area contributed by atoms with Crippen LogP contribution in [0.3, 0.4) is 0 Å². The summed E-state index contributed by atoms with van der Waals surface area (Å²) in [5.74, 6) is -0.503. The van der Waals surface area contributed by atoms with Crippen molar-refractivity contribution in [3.05, 3.63) is 0 Å². The second-order valence-corrected chi connectivity index (χ2v) is 10.9. The summed E-state index contributed by atoms with van der Waals surface area (Å²) < 4.78 is 5.05. The summed E-state index contributed by atoms with van der Waals surface area (Å²) in [7, 11) is 0. The van der Waals surface area contributed by atoms with Gasteiger partial charge in [-0.1, -0.05) is 167 Å². The van der Waals surface area contributed by atoms with Crippen molar-refractivity contribution >= 4 is 11.8 Å². The summed E-state index contributed by atoms with van der Waals surface area (Å²) in [5, 5.41) is 0. The average molecular weight is 495 g/mol. The highest BCUT2D eigenvalue weighted by Gasteiger charge is 2.05. The molecule has 0 atom stereocenters. The number of carbonyl (C=O) groups is 2. The molecule has 0 radical (unpaired) electrons. The molecule has 0 N–H and O–H groups in total. The molecule has 0 aromatic heterocycles. The van der Waals surface area contributed by atoms with E-state index in [1.54, 1.807) is 0 Å². The van der Waals surface area contributed by atoms with Crippen LogP contribution < -0.4 is 0 Å². The normalized spacial score (nSPS) is 11.1. The van der Waals surface area contributed by atoms with Gasteiger partial charge in [0.15, 0.2) is 0 Å². The van der Waals surface area contributed by atoms with Gasteiger partial charge in [-0.3, -0.25) is 9.59 Å². The van der Waals surface area contributed by atoms with Crippen LogP contribution in [0.1, 0.15) is 187 Å². The molecule has 0 aliphatic rings. The van der Waals surface area contributed by atoms with Gasteiger partial charge in [0.25, 0.3) is 0 Å². The summed E-state index contributed by atoms with van der Waals surface area (Å²) in [6.07, 6.45) is 36.1. The fourth-order valence-electron chi connectivity index (χ4n) is 4.86. The molecule has 0 heterocycles. The summed E-state index contributed by atoms with van der Waals surface area (Å²) in [4.78, 5) is 22.1. The molecule has 0 aromatic carbocycles. The predicted octanol–water partition coefficient (Wildman–Crippen LogP) is 10.7. The third kappa shape index (κ3) is 31.1. The van der Waals surface area contributed by atoms with Crippen LogP contribution >= 0.6 is 0 Å². The zero-order chi connectivity index (χ0) is 25.7. The van der Waals surface area contributed by atoms with Crippen LogP contribution in [0.2, 0.25) is 0 Å². The largest absolute Gasteiger partial charge is 0.465 e. The lowest BCUT2D eigenvalue weighted by molar-refractivity contribution is -0.145. The minimum absolute atomic E-state index is 0.0839. The summed E-state index contributed by atoms with van der Waals surface area (Å²) >= 11 is 0. The smallest absolute Gasteiger partial charge is 0.313 e. The summed E-state index contributed by atoms with van der Waals surface area (Å²) in [6.45, 7) is 4.18. The van der Waals surface area contributed by atoms with E-state index in [4.69, 9.17) is 4.74 Å². The van der Waals surface area contributed by atoms with Gasteiger partial charge in [0.05, 0.1) is 6.61 Å². The van der Waals surface area contributed by atoms with E-state index >= 15 is 0 Å². The molecule has 0 unspecified atom stereocenters. The van der Waals surface area contributed by atoms with Crippen molar-refractivity contribution in [2.75, 3.05) is 6.61 Å². The monoisotopic (exact) mass is 494 g/mol. The van der Waals surface area contributed by atoms with Crippen LogP contribution in [0, 0.1) is 0 Å². The van der Waals surface area contributed by atoms with E-state index in [0.29, 0.717) is 6.61 Å². The second-order valence-electron chi connectivity index (χ2n) is 10.9. The molecule has 35 heavy (non-hydrogen) atoms. The number of esters is 1. The minimum Gasteiger partial charge on any atom is -0.465 e. The molecule has 0 bridgehead atoms. The lowest BCUT2D eigenvalue weighted by Crippen LogP contribution is -2.09. The molecule has 0 saturated carbocycles. The fraction of sp³-hybridized carbons (Fsp3) is 0.938. The standard InChI is InChI=1S/C32H62O3/c1-3-4-5-6-7-8-9-10-11-12-13-14-15-16-17-18-19-20-21-22-23-24-25-26-27-28-29-35-32(34)30-31(2)33/h3-30H2,1-2H3. The Kier molecular flexibility index (Phi) is 28.6. The Morgan fingerprint density at radius 2 is 0.686 bits per heavy atom. The van der Waals surface area contributed by atoms with Crippen LogP contribution in [-0.4, -0.2) is 18.4 Å². The number of unbranched alkanes of at least 4 members (excludes halogenated alkanes) is 25. The highest BCUT2D eigenvalue weighted by molar-refractivity contribution is 5.94. The highest BCUT2D eigenvalue weighted by Crippen LogP contribution is 2.16. The topological polar surface area (TPSA) is 43.4 Å². The molecule has 0 aliphatic carbocycles. The van der Waals surface area contributed by atoms with Crippen LogP contribution in [0.4, 0.5) is 0 Å². The van der Waals surface area contributed by atoms with Gasteiger partial charge in [0.1, 0.15) is 12.2 Å². The van der Waals surface area contributed by atoms with Crippen LogP contribution in [0.5, 0.6) is 0 Å². The molecule has 208 valence electrons. The van der Waals surface area contributed by atoms with Crippen molar-refractivity contribution in [2.45, 2.75) is 187 Å². The molecule has 0 spiro atoms. The Hall–Kier alpha value is -0.860. The predicted molar refractivity (Wildman–Crippen MR) is 152 cm³/mol. The molecule has 0 aromatic rings. The number of carbonyl (C=O) groups excluding carboxylic acids is 2. The van der Waals surface area contributed by atoms with Crippen LogP contribution in [-0.2, 0) is 14.3 Å². The Labute approximate surface area is 219 Å². The van der Waals surface area contributed by atoms with Gasteiger partial charge < -0.3 is 4.74 Å². The number of ketones is 1. The van der Waals surface area contributed by atoms with Crippen molar-refractivity contribution in [2.24, 2.45) is 0 Å². The quantitative estimate of drug-likeness (QED) is 0.0590. The Morgan fingerprint density at radius 3 is 0.943 bits per heavy atom. The fourth-order valence-corrected chi connectivity index (χ4v) is 4.86. The van der Waals surface area contributed by atoms with Gasteiger partial charge in [-0.05, 0) is 13.3 Å². The zero-order valence-electron chi connectivity index (χ0n) is 24.0. The van der Waals surface area contributed by atoms with E-state index in [9.17, 15) is 9.59 Å². The van der Waals surface area contributed by atoms with Crippen molar-refractivity contribution in [1.29, 1.82) is 0 Å². The van der Waals surface area contributed by atoms with E-state index in [0.717, 1.165) is 12.8 Å². The van der Waals surface area contributed by atoms with Crippen molar-refractivity contribution in [1.82, 2.24) is 0 Å². The first kappa shape index (κ1) is 34.1. The van der Waals surface area contributed by atoms with Crippen molar-refractivity contribution < 1.29 is 14.3 Å². The number of hydrogen-bond acceptors (Lipinski definition) is 3. The Bertz CT molecular complexity index is 446. The molecule has 0 amide bonds. The van der Waals surface area contributed by atoms with Gasteiger partial charge in [-0.15, -0.1) is 0 Å². The lowest BCUT2D eigenvalue weighted by atomic mass is 10.0. The van der Waals surface area contributed by atoms with Crippen molar-refractivity contribution in [3.63, 3.8) is 0 Å². The van der Waals surface area contributed by atoms with E-state index in [1.807, 2.05) is 0 Å². The average Bonchev–Trinajstić information content (AvgIpc) is 2.83. The number of ether oxygens (including phenoxy) is 1. The maximum Gasteiger partial charge on any atom is 0.313 e. The SMILES string of the molecule is CCCCCCCCCCCCCCCCCCCCCCCCCCCCOC(=O)CC(C)=O. The summed E-state index contributed by atoms with van der Waals surface area (Å²) in [6, 6.07) is 0. The molecule has 3 nitrogen and oxygen atoms in total. The maximum absolute atomic E-state index is 11.3. The van der Waals surface area contributed by atoms with E-state index in [1.165, 1.54) is 161 Å². The van der Waals surface area contributed by atoms with Crippen molar-refractivity contribution in [3.8, 4) is 0 Å². The molecule has 0 rings (SSSR count). The van der Waals surface area contributed by atoms with Gasteiger partial charge in [0, 0.05) is 0 Å². The molecule has 0 fully saturated rings.